The SMILES string of the molecule is CCCN(CCCl)c1cc(OC)nc(C)n1. The van der Waals surface area contributed by atoms with E-state index in [1.54, 1.807) is 7.11 Å². The van der Waals surface area contributed by atoms with Gasteiger partial charge in [0.1, 0.15) is 11.6 Å². The summed E-state index contributed by atoms with van der Waals surface area (Å²) in [6, 6.07) is 1.84. The van der Waals surface area contributed by atoms with Crippen molar-refractivity contribution in [1.29, 1.82) is 0 Å². The van der Waals surface area contributed by atoms with Crippen LogP contribution in [0.4, 0.5) is 5.82 Å². The number of alkyl halides is 1. The topological polar surface area (TPSA) is 38.2 Å². The van der Waals surface area contributed by atoms with Crippen LogP contribution in [0.3, 0.4) is 0 Å². The summed E-state index contributed by atoms with van der Waals surface area (Å²) in [5.41, 5.74) is 0. The Morgan fingerprint density at radius 3 is 2.69 bits per heavy atom. The van der Waals surface area contributed by atoms with Gasteiger partial charge >= 0.3 is 0 Å². The summed E-state index contributed by atoms with van der Waals surface area (Å²) < 4.78 is 5.13. The second kappa shape index (κ2) is 6.53. The van der Waals surface area contributed by atoms with Gasteiger partial charge in [0.05, 0.1) is 7.11 Å². The summed E-state index contributed by atoms with van der Waals surface area (Å²) >= 11 is 5.78. The van der Waals surface area contributed by atoms with Gasteiger partial charge in [0.15, 0.2) is 0 Å². The van der Waals surface area contributed by atoms with Crippen LogP contribution in [-0.4, -0.2) is 36.0 Å². The molecule has 0 aliphatic rings. The number of rotatable bonds is 6. The highest BCUT2D eigenvalue weighted by molar-refractivity contribution is 6.18. The molecule has 16 heavy (non-hydrogen) atoms. The number of nitrogens with zero attached hydrogens (tertiary/aromatic N) is 3. The Kier molecular flexibility index (Phi) is 5.32. The molecule has 0 saturated heterocycles. The molecule has 1 aromatic heterocycles. The molecule has 0 radical (unpaired) electrons. The van der Waals surface area contributed by atoms with E-state index in [1.165, 1.54) is 0 Å². The lowest BCUT2D eigenvalue weighted by Gasteiger charge is -2.22. The molecule has 1 aromatic rings. The molecule has 1 rings (SSSR count). The van der Waals surface area contributed by atoms with Gasteiger partial charge in [-0.25, -0.2) is 4.98 Å². The Morgan fingerprint density at radius 1 is 1.38 bits per heavy atom. The largest absolute Gasteiger partial charge is 0.481 e. The lowest BCUT2D eigenvalue weighted by atomic mass is 10.4. The van der Waals surface area contributed by atoms with Crippen molar-refractivity contribution < 1.29 is 4.74 Å². The molecule has 0 aliphatic carbocycles. The number of aromatic nitrogens is 2. The zero-order valence-electron chi connectivity index (χ0n) is 10.0. The number of ether oxygens (including phenoxy) is 1. The third kappa shape index (κ3) is 3.52. The molecular formula is C11H18ClN3O. The highest BCUT2D eigenvalue weighted by atomic mass is 35.5. The molecule has 0 fully saturated rings. The van der Waals surface area contributed by atoms with Gasteiger partial charge in [-0.3, -0.25) is 0 Å². The van der Waals surface area contributed by atoms with Gasteiger partial charge in [-0.15, -0.1) is 11.6 Å². The fourth-order valence-corrected chi connectivity index (χ4v) is 1.71. The zero-order chi connectivity index (χ0) is 12.0. The smallest absolute Gasteiger partial charge is 0.218 e. The highest BCUT2D eigenvalue weighted by Gasteiger charge is 2.09. The fourth-order valence-electron chi connectivity index (χ4n) is 1.50. The first-order chi connectivity index (χ1) is 7.71. The summed E-state index contributed by atoms with van der Waals surface area (Å²) in [5, 5.41) is 0. The first-order valence-electron chi connectivity index (χ1n) is 5.41. The molecule has 5 heteroatoms. The summed E-state index contributed by atoms with van der Waals surface area (Å²) in [6.07, 6.45) is 1.06. The fraction of sp³-hybridized carbons (Fsp3) is 0.636. The highest BCUT2D eigenvalue weighted by Crippen LogP contribution is 2.17. The third-order valence-electron chi connectivity index (χ3n) is 2.18. The lowest BCUT2D eigenvalue weighted by molar-refractivity contribution is 0.395. The Morgan fingerprint density at radius 2 is 2.12 bits per heavy atom. The van der Waals surface area contributed by atoms with Crippen LogP contribution in [0.25, 0.3) is 0 Å². The van der Waals surface area contributed by atoms with Crippen molar-refractivity contribution in [1.82, 2.24) is 9.97 Å². The maximum absolute atomic E-state index is 5.78. The normalized spacial score (nSPS) is 10.2. The van der Waals surface area contributed by atoms with E-state index < -0.39 is 0 Å². The van der Waals surface area contributed by atoms with Crippen LogP contribution < -0.4 is 9.64 Å². The van der Waals surface area contributed by atoms with Crippen molar-refractivity contribution in [2.24, 2.45) is 0 Å². The van der Waals surface area contributed by atoms with Gasteiger partial charge in [-0.2, -0.15) is 4.98 Å². The first-order valence-corrected chi connectivity index (χ1v) is 5.95. The molecule has 0 atom stereocenters. The Balaban J connectivity index is 2.93. The van der Waals surface area contributed by atoms with Gasteiger partial charge in [-0.1, -0.05) is 6.92 Å². The van der Waals surface area contributed by atoms with Crippen LogP contribution in [0.15, 0.2) is 6.07 Å². The summed E-state index contributed by atoms with van der Waals surface area (Å²) in [5.74, 6) is 2.78. The maximum Gasteiger partial charge on any atom is 0.218 e. The van der Waals surface area contributed by atoms with Crippen molar-refractivity contribution in [2.75, 3.05) is 31.0 Å². The molecule has 0 spiro atoms. The molecule has 0 unspecified atom stereocenters. The molecule has 4 nitrogen and oxygen atoms in total. The Labute approximate surface area is 102 Å². The van der Waals surface area contributed by atoms with Crippen LogP contribution in [-0.2, 0) is 0 Å². The Bertz CT molecular complexity index is 327. The average Bonchev–Trinajstić information content (AvgIpc) is 2.28. The zero-order valence-corrected chi connectivity index (χ0v) is 10.8. The predicted octanol–water partition coefficient (Wildman–Crippen LogP) is 2.25. The van der Waals surface area contributed by atoms with E-state index in [4.69, 9.17) is 16.3 Å². The van der Waals surface area contributed by atoms with Crippen molar-refractivity contribution in [2.45, 2.75) is 20.3 Å². The van der Waals surface area contributed by atoms with Crippen molar-refractivity contribution in [3.63, 3.8) is 0 Å². The van der Waals surface area contributed by atoms with Crippen LogP contribution in [0.5, 0.6) is 5.88 Å². The van der Waals surface area contributed by atoms with Crippen LogP contribution >= 0.6 is 11.6 Å². The molecule has 0 bridgehead atoms. The number of hydrogen-bond acceptors (Lipinski definition) is 4. The summed E-state index contributed by atoms with van der Waals surface area (Å²) in [7, 11) is 1.61. The minimum atomic E-state index is 0.589. The number of aryl methyl sites for hydroxylation is 1. The van der Waals surface area contributed by atoms with E-state index in [1.807, 2.05) is 13.0 Å². The minimum Gasteiger partial charge on any atom is -0.481 e. The second-order valence-electron chi connectivity index (χ2n) is 3.49. The summed E-state index contributed by atoms with van der Waals surface area (Å²) in [6.45, 7) is 5.71. The average molecular weight is 244 g/mol. The quantitative estimate of drug-likeness (QED) is 0.719. The maximum atomic E-state index is 5.78. The number of hydrogen-bond donors (Lipinski definition) is 0. The van der Waals surface area contributed by atoms with Crippen molar-refractivity contribution in [3.05, 3.63) is 11.9 Å². The molecule has 0 aromatic carbocycles. The van der Waals surface area contributed by atoms with Crippen molar-refractivity contribution >= 4 is 17.4 Å². The molecule has 0 N–H and O–H groups in total. The second-order valence-corrected chi connectivity index (χ2v) is 3.87. The number of halogens is 1. The monoisotopic (exact) mass is 243 g/mol. The molecule has 90 valence electrons. The molecule has 0 saturated carbocycles. The number of methoxy groups -OCH3 is 1. The minimum absolute atomic E-state index is 0.589. The van der Waals surface area contributed by atoms with Gasteiger partial charge in [-0.05, 0) is 13.3 Å². The van der Waals surface area contributed by atoms with Gasteiger partial charge in [0.2, 0.25) is 5.88 Å². The van der Waals surface area contributed by atoms with Gasteiger partial charge in [0.25, 0.3) is 0 Å². The Hall–Kier alpha value is -1.03. The van der Waals surface area contributed by atoms with Crippen molar-refractivity contribution in [3.8, 4) is 5.88 Å². The van der Waals surface area contributed by atoms with Gasteiger partial charge < -0.3 is 9.64 Å². The first kappa shape index (κ1) is 13.0. The van der Waals surface area contributed by atoms with Gasteiger partial charge in [0, 0.05) is 25.0 Å². The van der Waals surface area contributed by atoms with E-state index >= 15 is 0 Å². The molecule has 0 aliphatic heterocycles. The lowest BCUT2D eigenvalue weighted by Crippen LogP contribution is -2.27. The van der Waals surface area contributed by atoms with E-state index in [2.05, 4.69) is 21.8 Å². The number of anilines is 1. The summed E-state index contributed by atoms with van der Waals surface area (Å²) in [4.78, 5) is 10.7. The molecule has 0 amide bonds. The van der Waals surface area contributed by atoms with E-state index in [-0.39, 0.29) is 0 Å². The predicted molar refractivity (Wildman–Crippen MR) is 66.5 cm³/mol. The van der Waals surface area contributed by atoms with Crippen LogP contribution in [0, 0.1) is 6.92 Å². The van der Waals surface area contributed by atoms with E-state index in [9.17, 15) is 0 Å². The standard InChI is InChI=1S/C11H18ClN3O/c1-4-6-15(7-5-12)10-8-11(16-3)14-9(2)13-10/h8H,4-7H2,1-3H3. The van der Waals surface area contributed by atoms with E-state index in [0.717, 1.165) is 25.3 Å². The van der Waals surface area contributed by atoms with E-state index in [0.29, 0.717) is 17.6 Å². The van der Waals surface area contributed by atoms with Crippen LogP contribution in [0.2, 0.25) is 0 Å². The molecular weight excluding hydrogens is 226 g/mol. The molecule has 1 heterocycles. The van der Waals surface area contributed by atoms with Crippen LogP contribution in [0.1, 0.15) is 19.2 Å². The third-order valence-corrected chi connectivity index (χ3v) is 2.35.